The molecule has 1 aromatic carbocycles. The van der Waals surface area contributed by atoms with Gasteiger partial charge in [-0.15, -0.1) is 11.3 Å². The summed E-state index contributed by atoms with van der Waals surface area (Å²) >= 11 is 1.57. The molecule has 2 aromatic heterocycles. The highest BCUT2D eigenvalue weighted by atomic mass is 35.7. The highest BCUT2D eigenvalue weighted by Crippen LogP contribution is 2.19. The molecule has 0 aliphatic carbocycles. The van der Waals surface area contributed by atoms with Crippen molar-refractivity contribution in [2.45, 2.75) is 0 Å². The summed E-state index contributed by atoms with van der Waals surface area (Å²) in [6, 6.07) is 7.97. The van der Waals surface area contributed by atoms with Gasteiger partial charge < -0.3 is 4.98 Å². The largest absolute Gasteiger partial charge is 0.353 e. The normalized spacial score (nSPS) is 11.1. The van der Waals surface area contributed by atoms with Gasteiger partial charge in [-0.05, 0) is 12.1 Å². The highest BCUT2D eigenvalue weighted by Gasteiger charge is 2.05. The van der Waals surface area contributed by atoms with Gasteiger partial charge >= 0.3 is 9.33 Å². The second kappa shape index (κ2) is 5.66. The average molecular weight is 318 g/mol. The summed E-state index contributed by atoms with van der Waals surface area (Å²) in [5.74, 6) is 0.840. The minimum absolute atomic E-state index is 0.840. The van der Waals surface area contributed by atoms with Crippen LogP contribution in [-0.2, 0) is 9.33 Å². The van der Waals surface area contributed by atoms with Crippen molar-refractivity contribution in [2.24, 2.45) is 0 Å². The van der Waals surface area contributed by atoms with Crippen molar-refractivity contribution in [3.05, 3.63) is 35.2 Å². The lowest BCUT2D eigenvalue weighted by Gasteiger charge is -1.84. The Hall–Kier alpha value is -1.48. The van der Waals surface area contributed by atoms with E-state index in [4.69, 9.17) is 13.0 Å². The molecule has 0 radical (unpaired) electrons. The minimum Gasteiger partial charge on any atom is -0.337 e. The molecule has 0 aliphatic rings. The van der Waals surface area contributed by atoms with Crippen LogP contribution in [0, 0.1) is 0 Å². The predicted molar refractivity (Wildman–Crippen MR) is 74.6 cm³/mol. The van der Waals surface area contributed by atoms with E-state index in [-0.39, 0.29) is 0 Å². The molecule has 3 rings (SSSR count). The van der Waals surface area contributed by atoms with Crippen LogP contribution in [0.2, 0.25) is 0 Å². The highest BCUT2D eigenvalue weighted by molar-refractivity contribution is 8.09. The van der Waals surface area contributed by atoms with Crippen LogP contribution in [0.4, 0.5) is 0 Å². The van der Waals surface area contributed by atoms with E-state index in [2.05, 4.69) is 25.6 Å². The Morgan fingerprint density at radius 1 is 1.32 bits per heavy atom. The number of fused-ring (bicyclic) bond motifs is 1. The number of rotatable bonds is 1. The van der Waals surface area contributed by atoms with Crippen LogP contribution in [-0.4, -0.2) is 27.9 Å². The summed E-state index contributed by atoms with van der Waals surface area (Å²) in [5.41, 5.74) is 4.75. The van der Waals surface area contributed by atoms with Gasteiger partial charge in [0.1, 0.15) is 5.69 Å². The molecule has 0 unspecified atom stereocenters. The summed E-state index contributed by atoms with van der Waals surface area (Å²) in [6.07, 6.45) is 0. The maximum atomic E-state index is 8.95. The lowest BCUT2D eigenvalue weighted by atomic mass is 10.3. The Kier molecular flexibility index (Phi) is 4.15. The lowest BCUT2D eigenvalue weighted by Crippen LogP contribution is -1.77. The second-order valence-corrected chi connectivity index (χ2v) is 6.10. The van der Waals surface area contributed by atoms with E-state index in [0.29, 0.717) is 0 Å². The van der Waals surface area contributed by atoms with E-state index in [9.17, 15) is 0 Å². The molecule has 0 fully saturated rings. The van der Waals surface area contributed by atoms with Crippen molar-refractivity contribution in [3.63, 3.8) is 0 Å². The van der Waals surface area contributed by atoms with Crippen molar-refractivity contribution in [3.8, 4) is 11.5 Å². The Labute approximate surface area is 117 Å². The van der Waals surface area contributed by atoms with Crippen LogP contribution in [0.1, 0.15) is 0 Å². The molecule has 0 saturated carbocycles. The van der Waals surface area contributed by atoms with Crippen molar-refractivity contribution < 1.29 is 13.0 Å². The number of aromatic amines is 1. The second-order valence-electron chi connectivity index (χ2n) is 3.39. The van der Waals surface area contributed by atoms with Crippen LogP contribution in [0.5, 0.6) is 0 Å². The number of thiazole rings is 1. The standard InChI is InChI=1S/C10H7N3S.ClHO3S/c1-2-4-8-7(3-1)12-10(13-8)9-5-14-6-11-9;1-5(2,3)4/h1-6H,(H,12,13);(H,2,3,4). The molecule has 0 spiro atoms. The van der Waals surface area contributed by atoms with Crippen LogP contribution in [0.3, 0.4) is 0 Å². The van der Waals surface area contributed by atoms with E-state index >= 15 is 0 Å². The first-order valence-electron chi connectivity index (χ1n) is 4.94. The smallest absolute Gasteiger partial charge is 0.337 e. The van der Waals surface area contributed by atoms with Crippen LogP contribution >= 0.6 is 22.0 Å². The summed E-state index contributed by atoms with van der Waals surface area (Å²) in [7, 11) is -0.137. The number of hydrogen-bond donors (Lipinski definition) is 2. The number of nitrogens with zero attached hydrogens (tertiary/aromatic N) is 2. The van der Waals surface area contributed by atoms with Gasteiger partial charge in [0.05, 0.1) is 16.5 Å². The molecule has 100 valence electrons. The number of para-hydroxylation sites is 2. The molecule has 19 heavy (non-hydrogen) atoms. The zero-order valence-electron chi connectivity index (χ0n) is 9.32. The number of H-pyrrole nitrogens is 1. The van der Waals surface area contributed by atoms with Gasteiger partial charge in [-0.25, -0.2) is 9.97 Å². The maximum Gasteiger partial charge on any atom is 0.353 e. The van der Waals surface area contributed by atoms with E-state index < -0.39 is 9.33 Å². The first-order valence-corrected chi connectivity index (χ1v) is 8.15. The molecule has 0 atom stereocenters. The molecule has 0 bridgehead atoms. The minimum atomic E-state index is -4.19. The Balaban J connectivity index is 0.000000232. The third-order valence-electron chi connectivity index (χ3n) is 2.06. The van der Waals surface area contributed by atoms with Gasteiger partial charge in [0.25, 0.3) is 0 Å². The quantitative estimate of drug-likeness (QED) is 0.531. The lowest BCUT2D eigenvalue weighted by molar-refractivity contribution is 0.501. The fourth-order valence-electron chi connectivity index (χ4n) is 1.40. The molecule has 3 aromatic rings. The molecular formula is C10H8ClN3O3S2. The molecule has 0 amide bonds. The third kappa shape index (κ3) is 4.28. The van der Waals surface area contributed by atoms with Crippen molar-refractivity contribution in [1.82, 2.24) is 15.0 Å². The summed E-state index contributed by atoms with van der Waals surface area (Å²) in [6.45, 7) is 0. The summed E-state index contributed by atoms with van der Waals surface area (Å²) in [5, 5.41) is 1.98. The molecule has 2 N–H and O–H groups in total. The topological polar surface area (TPSA) is 95.9 Å². The maximum absolute atomic E-state index is 8.95. The summed E-state index contributed by atoms with van der Waals surface area (Å²) in [4.78, 5) is 11.9. The third-order valence-corrected chi connectivity index (χ3v) is 2.65. The number of benzene rings is 1. The molecule has 2 heterocycles. The zero-order valence-corrected chi connectivity index (χ0v) is 11.7. The van der Waals surface area contributed by atoms with E-state index in [1.807, 2.05) is 35.2 Å². The van der Waals surface area contributed by atoms with E-state index in [0.717, 1.165) is 22.6 Å². The van der Waals surface area contributed by atoms with Gasteiger partial charge in [0.15, 0.2) is 5.82 Å². The zero-order chi connectivity index (χ0) is 13.9. The molecule has 6 nitrogen and oxygen atoms in total. The van der Waals surface area contributed by atoms with Crippen molar-refractivity contribution >= 4 is 42.4 Å². The van der Waals surface area contributed by atoms with E-state index in [1.54, 1.807) is 11.3 Å². The first kappa shape index (κ1) is 13.9. The Morgan fingerprint density at radius 2 is 2.00 bits per heavy atom. The Morgan fingerprint density at radius 3 is 2.58 bits per heavy atom. The molecule has 0 saturated heterocycles. The SMILES string of the molecule is O=S(=O)(O)Cl.c1ccc2[nH]c(-c3cscn3)nc2c1. The van der Waals surface area contributed by atoms with Gasteiger partial charge in [0.2, 0.25) is 0 Å². The Bertz CT molecular complexity index is 727. The molecule has 0 aliphatic heterocycles. The van der Waals surface area contributed by atoms with Gasteiger partial charge in [-0.1, -0.05) is 12.1 Å². The van der Waals surface area contributed by atoms with Crippen LogP contribution in [0.15, 0.2) is 35.2 Å². The monoisotopic (exact) mass is 317 g/mol. The molecule has 9 heteroatoms. The van der Waals surface area contributed by atoms with Crippen LogP contribution < -0.4 is 0 Å². The molecular weight excluding hydrogens is 310 g/mol. The number of nitrogens with one attached hydrogen (secondary N) is 1. The van der Waals surface area contributed by atoms with Crippen molar-refractivity contribution in [2.75, 3.05) is 0 Å². The fraction of sp³-hybridized carbons (Fsp3) is 0. The number of imidazole rings is 1. The first-order chi connectivity index (χ1) is 8.93. The van der Waals surface area contributed by atoms with Crippen LogP contribution in [0.25, 0.3) is 22.6 Å². The van der Waals surface area contributed by atoms with Gasteiger partial charge in [0, 0.05) is 16.1 Å². The number of hydrogen-bond acceptors (Lipinski definition) is 5. The van der Waals surface area contributed by atoms with Crippen molar-refractivity contribution in [1.29, 1.82) is 0 Å². The number of halogens is 1. The van der Waals surface area contributed by atoms with Gasteiger partial charge in [-0.3, -0.25) is 4.55 Å². The van der Waals surface area contributed by atoms with Gasteiger partial charge in [-0.2, -0.15) is 8.42 Å². The number of aromatic nitrogens is 3. The van der Waals surface area contributed by atoms with E-state index in [1.165, 1.54) is 0 Å². The predicted octanol–water partition coefficient (Wildman–Crippen LogP) is 2.71. The fourth-order valence-corrected chi connectivity index (χ4v) is 1.94. The summed E-state index contributed by atoms with van der Waals surface area (Å²) < 4.78 is 25.2. The average Bonchev–Trinajstić information content (AvgIpc) is 2.95.